The number of carbonyl (C=O) groups is 1. The molecule has 6 nitrogen and oxygen atoms in total. The second kappa shape index (κ2) is 7.00. The number of carbonyl (C=O) groups excluding carboxylic acids is 1. The summed E-state index contributed by atoms with van der Waals surface area (Å²) >= 11 is 2.97. The van der Waals surface area contributed by atoms with Gasteiger partial charge in [0.25, 0.3) is 0 Å². The fourth-order valence-corrected chi connectivity index (χ4v) is 2.55. The molecule has 112 valence electrons. The molecule has 0 spiro atoms. The van der Waals surface area contributed by atoms with E-state index < -0.39 is 22.0 Å². The number of nitrogens with one attached hydrogen (secondary N) is 1. The number of hydrogen-bond donors (Lipinski definition) is 1. The van der Waals surface area contributed by atoms with Crippen molar-refractivity contribution in [1.29, 1.82) is 0 Å². The van der Waals surface area contributed by atoms with Crippen molar-refractivity contribution in [3.63, 3.8) is 0 Å². The molecule has 9 heteroatoms. The highest BCUT2D eigenvalue weighted by molar-refractivity contribution is 9.10. The highest BCUT2D eigenvalue weighted by atomic mass is 79.9. The maximum atomic E-state index is 13.1. The topological polar surface area (TPSA) is 75.7 Å². The third-order valence-corrected chi connectivity index (χ3v) is 4.54. The minimum absolute atomic E-state index is 0.0234. The second-order valence-corrected chi connectivity index (χ2v) is 6.52. The molecule has 0 aliphatic carbocycles. The van der Waals surface area contributed by atoms with Gasteiger partial charge in [-0.2, -0.15) is 12.7 Å². The molecular weight excluding hydrogens is 355 g/mol. The molecule has 1 N–H and O–H groups in total. The zero-order valence-electron chi connectivity index (χ0n) is 10.9. The van der Waals surface area contributed by atoms with Crippen LogP contribution in [0.2, 0.25) is 0 Å². The summed E-state index contributed by atoms with van der Waals surface area (Å²) in [6.45, 7) is -0.0234. The average Bonchev–Trinajstić information content (AvgIpc) is 2.39. The van der Waals surface area contributed by atoms with Gasteiger partial charge in [-0.1, -0.05) is 0 Å². The van der Waals surface area contributed by atoms with Crippen molar-refractivity contribution in [2.75, 3.05) is 25.4 Å². The van der Waals surface area contributed by atoms with Crippen LogP contribution in [0.1, 0.15) is 6.42 Å². The minimum Gasteiger partial charge on any atom is -0.469 e. The Morgan fingerprint density at radius 2 is 2.15 bits per heavy atom. The third kappa shape index (κ3) is 4.73. The van der Waals surface area contributed by atoms with Gasteiger partial charge in [-0.25, -0.2) is 4.39 Å². The highest BCUT2D eigenvalue weighted by Gasteiger charge is 2.19. The van der Waals surface area contributed by atoms with Gasteiger partial charge in [0.1, 0.15) is 5.82 Å². The van der Waals surface area contributed by atoms with E-state index in [1.807, 2.05) is 0 Å². The quantitative estimate of drug-likeness (QED) is 0.776. The molecule has 0 unspecified atom stereocenters. The summed E-state index contributed by atoms with van der Waals surface area (Å²) in [6, 6.07) is 3.74. The number of anilines is 1. The second-order valence-electron chi connectivity index (χ2n) is 3.88. The Morgan fingerprint density at radius 3 is 2.70 bits per heavy atom. The molecule has 0 aliphatic heterocycles. The predicted molar refractivity (Wildman–Crippen MR) is 75.9 cm³/mol. The fraction of sp³-hybridized carbons (Fsp3) is 0.364. The Balaban J connectivity index is 2.73. The first-order valence-electron chi connectivity index (χ1n) is 5.52. The fourth-order valence-electron chi connectivity index (χ4n) is 1.26. The Bertz CT molecular complexity index is 594. The number of benzene rings is 1. The molecule has 0 amide bonds. The summed E-state index contributed by atoms with van der Waals surface area (Å²) in [5.74, 6) is -0.997. The number of halogens is 2. The van der Waals surface area contributed by atoms with Crippen LogP contribution in [-0.4, -0.2) is 39.4 Å². The Labute approximate surface area is 125 Å². The van der Waals surface area contributed by atoms with Crippen LogP contribution in [0.5, 0.6) is 0 Å². The number of ether oxygens (including phenoxy) is 1. The molecule has 0 aliphatic rings. The van der Waals surface area contributed by atoms with E-state index in [-0.39, 0.29) is 23.1 Å². The monoisotopic (exact) mass is 368 g/mol. The van der Waals surface area contributed by atoms with Crippen molar-refractivity contribution in [1.82, 2.24) is 4.31 Å². The molecule has 1 aromatic rings. The van der Waals surface area contributed by atoms with Crippen molar-refractivity contribution in [3.05, 3.63) is 28.5 Å². The average molecular weight is 369 g/mol. The van der Waals surface area contributed by atoms with Gasteiger partial charge in [0.15, 0.2) is 0 Å². The van der Waals surface area contributed by atoms with Crippen molar-refractivity contribution < 1.29 is 22.3 Å². The van der Waals surface area contributed by atoms with Crippen molar-refractivity contribution >= 4 is 37.8 Å². The summed E-state index contributed by atoms with van der Waals surface area (Å²) in [7, 11) is -1.26. The lowest BCUT2D eigenvalue weighted by Gasteiger charge is -2.17. The van der Waals surface area contributed by atoms with E-state index in [0.717, 1.165) is 10.4 Å². The number of rotatable bonds is 6. The number of hydrogen-bond acceptors (Lipinski definition) is 4. The van der Waals surface area contributed by atoms with Gasteiger partial charge < -0.3 is 4.74 Å². The summed E-state index contributed by atoms with van der Waals surface area (Å²) in [5, 5.41) is 0. The molecule has 1 rings (SSSR count). The van der Waals surface area contributed by atoms with E-state index in [9.17, 15) is 17.6 Å². The van der Waals surface area contributed by atoms with Crippen LogP contribution in [0.15, 0.2) is 22.7 Å². The van der Waals surface area contributed by atoms with Crippen LogP contribution in [0, 0.1) is 5.82 Å². The molecule has 0 radical (unpaired) electrons. The van der Waals surface area contributed by atoms with Gasteiger partial charge >= 0.3 is 16.2 Å². The lowest BCUT2D eigenvalue weighted by Crippen LogP contribution is -2.34. The summed E-state index contributed by atoms with van der Waals surface area (Å²) in [4.78, 5) is 11.0. The molecular formula is C11H14BrFN2O4S. The number of methoxy groups -OCH3 is 1. The van der Waals surface area contributed by atoms with Crippen LogP contribution >= 0.6 is 15.9 Å². The van der Waals surface area contributed by atoms with Gasteiger partial charge in [0, 0.05) is 13.6 Å². The molecule has 0 heterocycles. The minimum atomic E-state index is -3.81. The van der Waals surface area contributed by atoms with E-state index in [1.165, 1.54) is 26.3 Å². The van der Waals surface area contributed by atoms with Crippen LogP contribution < -0.4 is 4.72 Å². The predicted octanol–water partition coefficient (Wildman–Crippen LogP) is 1.74. The van der Waals surface area contributed by atoms with Crippen LogP contribution in [0.3, 0.4) is 0 Å². The normalized spacial score (nSPS) is 11.4. The SMILES string of the molecule is COC(=O)CCN(C)S(=O)(=O)Nc1ccc(F)c(Br)c1. The Morgan fingerprint density at radius 1 is 1.50 bits per heavy atom. The van der Waals surface area contributed by atoms with Crippen molar-refractivity contribution in [2.24, 2.45) is 0 Å². The van der Waals surface area contributed by atoms with Crippen molar-refractivity contribution in [2.45, 2.75) is 6.42 Å². The lowest BCUT2D eigenvalue weighted by atomic mass is 10.3. The zero-order valence-corrected chi connectivity index (χ0v) is 13.3. The van der Waals surface area contributed by atoms with E-state index in [4.69, 9.17) is 0 Å². The first kappa shape index (κ1) is 16.9. The maximum absolute atomic E-state index is 13.1. The lowest BCUT2D eigenvalue weighted by molar-refractivity contribution is -0.140. The summed E-state index contributed by atoms with van der Waals surface area (Å²) in [5.41, 5.74) is 0.211. The van der Waals surface area contributed by atoms with Crippen molar-refractivity contribution in [3.8, 4) is 0 Å². The van der Waals surface area contributed by atoms with Gasteiger partial charge in [-0.05, 0) is 34.1 Å². The number of nitrogens with zero attached hydrogens (tertiary/aromatic N) is 1. The van der Waals surface area contributed by atoms with Gasteiger partial charge in [0.05, 0.1) is 23.7 Å². The van der Waals surface area contributed by atoms with Crippen LogP contribution in [0.25, 0.3) is 0 Å². The Kier molecular flexibility index (Phi) is 5.90. The van der Waals surface area contributed by atoms with Crippen LogP contribution in [0.4, 0.5) is 10.1 Å². The zero-order chi connectivity index (χ0) is 15.3. The van der Waals surface area contributed by atoms with Crippen LogP contribution in [-0.2, 0) is 19.7 Å². The first-order chi connectivity index (χ1) is 9.26. The number of esters is 1. The molecule has 0 saturated carbocycles. The molecule has 0 aromatic heterocycles. The molecule has 0 fully saturated rings. The molecule has 20 heavy (non-hydrogen) atoms. The van der Waals surface area contributed by atoms with E-state index in [2.05, 4.69) is 25.4 Å². The largest absolute Gasteiger partial charge is 0.469 e. The first-order valence-corrected chi connectivity index (χ1v) is 7.75. The summed E-state index contributed by atoms with van der Waals surface area (Å²) < 4.78 is 44.8. The highest BCUT2D eigenvalue weighted by Crippen LogP contribution is 2.21. The van der Waals surface area contributed by atoms with Gasteiger partial charge in [-0.15, -0.1) is 0 Å². The van der Waals surface area contributed by atoms with E-state index >= 15 is 0 Å². The smallest absolute Gasteiger partial charge is 0.306 e. The maximum Gasteiger partial charge on any atom is 0.306 e. The van der Waals surface area contributed by atoms with E-state index in [1.54, 1.807) is 0 Å². The van der Waals surface area contributed by atoms with E-state index in [0.29, 0.717) is 0 Å². The summed E-state index contributed by atoms with van der Waals surface area (Å²) in [6.07, 6.45) is -0.0545. The standard InChI is InChI=1S/C11H14BrFN2O4S/c1-15(6-5-11(16)19-2)20(17,18)14-8-3-4-10(13)9(12)7-8/h3-4,7,14H,5-6H2,1-2H3. The van der Waals surface area contributed by atoms with Gasteiger partial charge in [-0.3, -0.25) is 9.52 Å². The molecule has 0 saturated heterocycles. The third-order valence-electron chi connectivity index (χ3n) is 2.44. The van der Waals surface area contributed by atoms with Gasteiger partial charge in [0.2, 0.25) is 0 Å². The Hall–Kier alpha value is -1.19. The molecule has 1 aromatic carbocycles. The molecule has 0 atom stereocenters. The molecule has 0 bridgehead atoms.